The van der Waals surface area contributed by atoms with Crippen molar-refractivity contribution in [2.45, 2.75) is 23.9 Å². The Hall–Kier alpha value is -4.61. The number of ether oxygens (including phenoxy) is 2. The number of anilines is 1. The van der Waals surface area contributed by atoms with Crippen molar-refractivity contribution in [3.05, 3.63) is 119 Å². The van der Waals surface area contributed by atoms with Crippen LogP contribution in [-0.4, -0.2) is 59.0 Å². The van der Waals surface area contributed by atoms with Crippen LogP contribution in [0.25, 0.3) is 0 Å². The molecule has 45 heavy (non-hydrogen) atoms. The second kappa shape index (κ2) is 14.9. The summed E-state index contributed by atoms with van der Waals surface area (Å²) in [7, 11) is -0.172. The van der Waals surface area contributed by atoms with E-state index >= 15 is 0 Å². The van der Waals surface area contributed by atoms with E-state index in [9.17, 15) is 22.4 Å². The average Bonchev–Trinajstić information content (AvgIpc) is 3.06. The number of nitrogens with one attached hydrogen (secondary N) is 1. The Labute approximate surface area is 267 Å². The third kappa shape index (κ3) is 8.11. The van der Waals surface area contributed by atoms with Crippen LogP contribution in [0.15, 0.2) is 102 Å². The SMILES string of the molecule is CNC(=O)[C@H](Cc1ccccc1)N(Cc1ccc(Cl)cc1)C(=O)CN(c1ccc(F)cc1)S(=O)(=O)c1ccc(OC)c(OC)c1. The molecule has 236 valence electrons. The van der Waals surface area contributed by atoms with Gasteiger partial charge in [-0.1, -0.05) is 54.1 Å². The number of hydrogen-bond donors (Lipinski definition) is 1. The summed E-state index contributed by atoms with van der Waals surface area (Å²) in [4.78, 5) is 28.8. The lowest BCUT2D eigenvalue weighted by atomic mass is 10.0. The predicted octanol–water partition coefficient (Wildman–Crippen LogP) is 5.08. The molecule has 1 N–H and O–H groups in total. The quantitative estimate of drug-likeness (QED) is 0.216. The van der Waals surface area contributed by atoms with Crippen LogP contribution < -0.4 is 19.1 Å². The number of likely N-dealkylation sites (N-methyl/N-ethyl adjacent to an activating group) is 1. The molecule has 0 spiro atoms. The molecular weight excluding hydrogens is 621 g/mol. The van der Waals surface area contributed by atoms with Gasteiger partial charge < -0.3 is 19.7 Å². The van der Waals surface area contributed by atoms with E-state index in [1.807, 2.05) is 30.3 Å². The molecule has 0 heterocycles. The van der Waals surface area contributed by atoms with E-state index in [4.69, 9.17) is 21.1 Å². The number of sulfonamides is 1. The minimum absolute atomic E-state index is 0.0193. The predicted molar refractivity (Wildman–Crippen MR) is 170 cm³/mol. The minimum Gasteiger partial charge on any atom is -0.493 e. The molecule has 0 bridgehead atoms. The second-order valence-corrected chi connectivity index (χ2v) is 12.3. The van der Waals surface area contributed by atoms with Crippen LogP contribution in [0, 0.1) is 5.82 Å². The lowest BCUT2D eigenvalue weighted by Gasteiger charge is -2.33. The Morgan fingerprint density at radius 1 is 0.867 bits per heavy atom. The average molecular weight is 654 g/mol. The van der Waals surface area contributed by atoms with Crippen molar-refractivity contribution >= 4 is 39.1 Å². The van der Waals surface area contributed by atoms with Gasteiger partial charge in [-0.05, 0) is 59.7 Å². The van der Waals surface area contributed by atoms with Crippen molar-refractivity contribution in [3.8, 4) is 11.5 Å². The summed E-state index contributed by atoms with van der Waals surface area (Å²) in [5.74, 6) is -1.21. The van der Waals surface area contributed by atoms with Gasteiger partial charge in [0, 0.05) is 31.1 Å². The molecule has 0 unspecified atom stereocenters. The van der Waals surface area contributed by atoms with Gasteiger partial charge in [-0.3, -0.25) is 13.9 Å². The smallest absolute Gasteiger partial charge is 0.264 e. The molecule has 0 saturated carbocycles. The van der Waals surface area contributed by atoms with E-state index in [0.29, 0.717) is 16.3 Å². The molecule has 0 aliphatic carbocycles. The van der Waals surface area contributed by atoms with Gasteiger partial charge in [0.15, 0.2) is 11.5 Å². The molecular formula is C33H33ClFN3O6S. The summed E-state index contributed by atoms with van der Waals surface area (Å²) in [5.41, 5.74) is 1.52. The van der Waals surface area contributed by atoms with Crippen LogP contribution in [0.1, 0.15) is 11.1 Å². The van der Waals surface area contributed by atoms with Gasteiger partial charge in [-0.25, -0.2) is 12.8 Å². The van der Waals surface area contributed by atoms with Crippen LogP contribution in [0.5, 0.6) is 11.5 Å². The number of rotatable bonds is 13. The molecule has 4 aromatic rings. The Balaban J connectivity index is 1.80. The molecule has 0 radical (unpaired) electrons. The minimum atomic E-state index is -4.43. The first-order chi connectivity index (χ1) is 21.6. The highest BCUT2D eigenvalue weighted by molar-refractivity contribution is 7.92. The fourth-order valence-corrected chi connectivity index (χ4v) is 6.30. The maximum Gasteiger partial charge on any atom is 0.264 e. The molecule has 2 amide bonds. The van der Waals surface area contributed by atoms with Gasteiger partial charge in [0.1, 0.15) is 18.4 Å². The fourth-order valence-electron chi connectivity index (χ4n) is 4.75. The summed E-state index contributed by atoms with van der Waals surface area (Å²) < 4.78 is 53.7. The lowest BCUT2D eigenvalue weighted by Crippen LogP contribution is -2.53. The van der Waals surface area contributed by atoms with Gasteiger partial charge in [-0.15, -0.1) is 0 Å². The summed E-state index contributed by atoms with van der Waals surface area (Å²) in [6.07, 6.45) is 0.165. The molecule has 9 nitrogen and oxygen atoms in total. The largest absolute Gasteiger partial charge is 0.493 e. The van der Waals surface area contributed by atoms with E-state index in [1.54, 1.807) is 24.3 Å². The van der Waals surface area contributed by atoms with E-state index < -0.39 is 40.2 Å². The van der Waals surface area contributed by atoms with Crippen molar-refractivity contribution in [2.75, 3.05) is 32.1 Å². The highest BCUT2D eigenvalue weighted by Gasteiger charge is 2.34. The van der Waals surface area contributed by atoms with Gasteiger partial charge in [0.05, 0.1) is 24.8 Å². The number of methoxy groups -OCH3 is 2. The molecule has 0 aliphatic heterocycles. The maximum absolute atomic E-state index is 14.3. The molecule has 1 atom stereocenters. The van der Waals surface area contributed by atoms with Crippen molar-refractivity contribution in [3.63, 3.8) is 0 Å². The zero-order valence-corrected chi connectivity index (χ0v) is 26.5. The molecule has 0 fully saturated rings. The van der Waals surface area contributed by atoms with Gasteiger partial charge in [0.25, 0.3) is 10.0 Å². The van der Waals surface area contributed by atoms with Crippen LogP contribution >= 0.6 is 11.6 Å². The summed E-state index contributed by atoms with van der Waals surface area (Å²) >= 11 is 6.09. The van der Waals surface area contributed by atoms with Crippen molar-refractivity contribution in [2.24, 2.45) is 0 Å². The number of hydrogen-bond acceptors (Lipinski definition) is 6. The first-order valence-corrected chi connectivity index (χ1v) is 15.7. The highest BCUT2D eigenvalue weighted by atomic mass is 35.5. The third-order valence-corrected chi connectivity index (χ3v) is 9.14. The van der Waals surface area contributed by atoms with Crippen molar-refractivity contribution in [1.82, 2.24) is 10.2 Å². The molecule has 0 aromatic heterocycles. The topological polar surface area (TPSA) is 105 Å². The van der Waals surface area contributed by atoms with Crippen LogP contribution in [-0.2, 0) is 32.6 Å². The van der Waals surface area contributed by atoms with Crippen molar-refractivity contribution < 1.29 is 31.9 Å². The van der Waals surface area contributed by atoms with Gasteiger partial charge in [0.2, 0.25) is 11.8 Å². The maximum atomic E-state index is 14.3. The first-order valence-electron chi connectivity index (χ1n) is 13.9. The zero-order chi connectivity index (χ0) is 32.6. The molecule has 4 aromatic carbocycles. The normalized spacial score (nSPS) is 11.8. The first kappa shape index (κ1) is 33.3. The molecule has 0 saturated heterocycles. The number of carbonyl (C=O) groups is 2. The van der Waals surface area contributed by atoms with Crippen LogP contribution in [0.4, 0.5) is 10.1 Å². The zero-order valence-electron chi connectivity index (χ0n) is 24.9. The molecule has 12 heteroatoms. The standard InChI is InChI=1S/C33H33ClFN3O6S/c1-36-33(40)29(19-23-7-5-4-6-8-23)37(21-24-9-11-25(34)12-10-24)32(39)22-38(27-15-13-26(35)14-16-27)45(41,42)28-17-18-30(43-2)31(20-28)44-3/h4-18,20,29H,19,21-22H2,1-3H3,(H,36,40)/t29-/m0/s1. The number of halogens is 2. The summed E-state index contributed by atoms with van der Waals surface area (Å²) in [6.45, 7) is -0.716. The number of benzene rings is 4. The summed E-state index contributed by atoms with van der Waals surface area (Å²) in [6, 6.07) is 23.7. The number of nitrogens with zero attached hydrogens (tertiary/aromatic N) is 2. The second-order valence-electron chi connectivity index (χ2n) is 9.97. The van der Waals surface area contributed by atoms with Crippen LogP contribution in [0.3, 0.4) is 0 Å². The Kier molecular flexibility index (Phi) is 11.0. The van der Waals surface area contributed by atoms with E-state index in [-0.39, 0.29) is 29.3 Å². The lowest BCUT2D eigenvalue weighted by molar-refractivity contribution is -0.139. The van der Waals surface area contributed by atoms with E-state index in [1.165, 1.54) is 56.5 Å². The number of carbonyl (C=O) groups excluding carboxylic acids is 2. The Bertz CT molecular complexity index is 1720. The van der Waals surface area contributed by atoms with Gasteiger partial charge >= 0.3 is 0 Å². The Morgan fingerprint density at radius 3 is 2.11 bits per heavy atom. The molecule has 4 rings (SSSR count). The highest BCUT2D eigenvalue weighted by Crippen LogP contribution is 2.32. The number of amides is 2. The Morgan fingerprint density at radius 2 is 1.51 bits per heavy atom. The third-order valence-electron chi connectivity index (χ3n) is 7.12. The van der Waals surface area contributed by atoms with Crippen LogP contribution in [0.2, 0.25) is 5.02 Å². The monoisotopic (exact) mass is 653 g/mol. The molecule has 0 aliphatic rings. The van der Waals surface area contributed by atoms with Gasteiger partial charge in [-0.2, -0.15) is 0 Å². The van der Waals surface area contributed by atoms with Crippen molar-refractivity contribution in [1.29, 1.82) is 0 Å². The van der Waals surface area contributed by atoms with E-state index in [2.05, 4.69) is 5.32 Å². The van der Waals surface area contributed by atoms with E-state index in [0.717, 1.165) is 22.0 Å². The summed E-state index contributed by atoms with van der Waals surface area (Å²) in [5, 5.41) is 3.13. The fraction of sp³-hybridized carbons (Fsp3) is 0.212.